The van der Waals surface area contributed by atoms with Crippen molar-refractivity contribution in [2.45, 2.75) is 0 Å². The van der Waals surface area contributed by atoms with Crippen LogP contribution in [0.15, 0.2) is 22.4 Å². The van der Waals surface area contributed by atoms with Gasteiger partial charge >= 0.3 is 5.97 Å². The third kappa shape index (κ3) is 2.58. The molecule has 90 valence electrons. The molecule has 0 spiro atoms. The lowest BCUT2D eigenvalue weighted by molar-refractivity contribution is -0.134. The molecule has 1 aliphatic heterocycles. The summed E-state index contributed by atoms with van der Waals surface area (Å²) in [4.78, 5) is 10.4. The van der Waals surface area contributed by atoms with Crippen LogP contribution in [-0.4, -0.2) is 24.3 Å². The van der Waals surface area contributed by atoms with Gasteiger partial charge in [-0.1, -0.05) is 0 Å². The summed E-state index contributed by atoms with van der Waals surface area (Å²) in [5, 5.41) is 8.44. The molecule has 1 aromatic carbocycles. The minimum atomic E-state index is -1.60. The van der Waals surface area contributed by atoms with Crippen LogP contribution in [-0.2, 0) is 4.79 Å². The summed E-state index contributed by atoms with van der Waals surface area (Å²) in [5.74, 6) is -1.82. The minimum Gasteiger partial charge on any atom is -0.486 e. The fourth-order valence-electron chi connectivity index (χ4n) is 1.42. The van der Waals surface area contributed by atoms with Gasteiger partial charge in [-0.15, -0.1) is 0 Å². The van der Waals surface area contributed by atoms with Gasteiger partial charge in [0.05, 0.1) is 4.47 Å². The standard InChI is InChI=1S/C11H8BrFO4/c12-7-3-6(4-8(13)11(14)15)5-9-10(7)17-2-1-16-9/h3-5H,1-2H2,(H,14,15). The van der Waals surface area contributed by atoms with Gasteiger partial charge in [0.1, 0.15) is 13.2 Å². The van der Waals surface area contributed by atoms with E-state index in [9.17, 15) is 9.18 Å². The van der Waals surface area contributed by atoms with Crippen LogP contribution in [0.1, 0.15) is 5.56 Å². The zero-order valence-electron chi connectivity index (χ0n) is 8.57. The van der Waals surface area contributed by atoms with E-state index in [-0.39, 0.29) is 0 Å². The fourth-order valence-corrected chi connectivity index (χ4v) is 2.00. The Bertz CT molecular complexity index is 498. The highest BCUT2D eigenvalue weighted by molar-refractivity contribution is 9.10. The maximum absolute atomic E-state index is 12.9. The minimum absolute atomic E-state index is 0.390. The summed E-state index contributed by atoms with van der Waals surface area (Å²) in [5.41, 5.74) is 0.390. The van der Waals surface area contributed by atoms with Crippen LogP contribution in [0.25, 0.3) is 6.08 Å². The molecule has 1 N–H and O–H groups in total. The van der Waals surface area contributed by atoms with Crippen LogP contribution < -0.4 is 9.47 Å². The average molecular weight is 303 g/mol. The molecule has 0 unspecified atom stereocenters. The molecule has 1 heterocycles. The first-order valence-corrected chi connectivity index (χ1v) is 5.57. The predicted octanol–water partition coefficient (Wildman–Crippen LogP) is 2.62. The first kappa shape index (κ1) is 11.9. The average Bonchev–Trinajstić information content (AvgIpc) is 2.29. The van der Waals surface area contributed by atoms with Crippen LogP contribution in [0.5, 0.6) is 11.5 Å². The molecule has 0 aromatic heterocycles. The summed E-state index contributed by atoms with van der Waals surface area (Å²) < 4.78 is 24.2. The molecule has 0 saturated carbocycles. The quantitative estimate of drug-likeness (QED) is 0.853. The fraction of sp³-hybridized carbons (Fsp3) is 0.182. The number of ether oxygens (including phenoxy) is 2. The number of carbonyl (C=O) groups is 1. The molecule has 2 rings (SSSR count). The third-order valence-electron chi connectivity index (χ3n) is 2.12. The molecule has 0 radical (unpaired) electrons. The second kappa shape index (κ2) is 4.75. The number of halogens is 2. The molecule has 6 heteroatoms. The number of carboxylic acids is 1. The maximum Gasteiger partial charge on any atom is 0.364 e. The monoisotopic (exact) mass is 302 g/mol. The molecule has 17 heavy (non-hydrogen) atoms. The molecular weight excluding hydrogens is 295 g/mol. The van der Waals surface area contributed by atoms with Gasteiger partial charge < -0.3 is 14.6 Å². The second-order valence-corrected chi connectivity index (χ2v) is 4.18. The summed E-state index contributed by atoms with van der Waals surface area (Å²) >= 11 is 3.26. The number of carboxylic acid groups (broad SMARTS) is 1. The van der Waals surface area contributed by atoms with E-state index in [1.54, 1.807) is 6.07 Å². The Morgan fingerprint density at radius 1 is 1.41 bits per heavy atom. The predicted molar refractivity (Wildman–Crippen MR) is 61.9 cm³/mol. The van der Waals surface area contributed by atoms with E-state index >= 15 is 0 Å². The lowest BCUT2D eigenvalue weighted by Crippen LogP contribution is -2.15. The van der Waals surface area contributed by atoms with E-state index in [0.29, 0.717) is 34.7 Å². The normalized spacial score (nSPS) is 14.6. The van der Waals surface area contributed by atoms with Crippen LogP contribution in [0.2, 0.25) is 0 Å². The van der Waals surface area contributed by atoms with Crippen LogP contribution in [0.3, 0.4) is 0 Å². The smallest absolute Gasteiger partial charge is 0.364 e. The van der Waals surface area contributed by atoms with Gasteiger partial charge in [0, 0.05) is 0 Å². The molecule has 1 aromatic rings. The van der Waals surface area contributed by atoms with Crippen molar-refractivity contribution in [1.82, 2.24) is 0 Å². The molecule has 0 saturated heterocycles. The number of rotatable bonds is 2. The zero-order chi connectivity index (χ0) is 12.4. The van der Waals surface area contributed by atoms with E-state index in [4.69, 9.17) is 14.6 Å². The molecule has 0 amide bonds. The topological polar surface area (TPSA) is 55.8 Å². The van der Waals surface area contributed by atoms with Gasteiger partial charge in [0.25, 0.3) is 0 Å². The van der Waals surface area contributed by atoms with Crippen LogP contribution >= 0.6 is 15.9 Å². The number of benzene rings is 1. The van der Waals surface area contributed by atoms with E-state index in [1.807, 2.05) is 0 Å². The maximum atomic E-state index is 12.9. The lowest BCUT2D eigenvalue weighted by Gasteiger charge is -2.19. The summed E-state index contributed by atoms with van der Waals surface area (Å²) in [6, 6.07) is 3.10. The molecular formula is C11H8BrFO4. The van der Waals surface area contributed by atoms with Crippen molar-refractivity contribution in [3.8, 4) is 11.5 Å². The van der Waals surface area contributed by atoms with Gasteiger partial charge in [-0.05, 0) is 39.7 Å². The van der Waals surface area contributed by atoms with Gasteiger partial charge in [-0.2, -0.15) is 4.39 Å². The van der Waals surface area contributed by atoms with Gasteiger partial charge in [-0.3, -0.25) is 0 Å². The van der Waals surface area contributed by atoms with Crippen molar-refractivity contribution < 1.29 is 23.8 Å². The van der Waals surface area contributed by atoms with Crippen molar-refractivity contribution >= 4 is 28.0 Å². The van der Waals surface area contributed by atoms with Crippen molar-refractivity contribution in [3.05, 3.63) is 28.0 Å². The van der Waals surface area contributed by atoms with E-state index in [2.05, 4.69) is 15.9 Å². The highest BCUT2D eigenvalue weighted by atomic mass is 79.9. The number of hydrogen-bond donors (Lipinski definition) is 1. The SMILES string of the molecule is O=C(O)C(F)=Cc1cc(Br)c2c(c1)OCCO2. The molecule has 0 bridgehead atoms. The Hall–Kier alpha value is -1.56. The highest BCUT2D eigenvalue weighted by Gasteiger charge is 2.16. The molecule has 0 fully saturated rings. The zero-order valence-corrected chi connectivity index (χ0v) is 10.2. The lowest BCUT2D eigenvalue weighted by atomic mass is 10.1. The Kier molecular flexibility index (Phi) is 3.33. The van der Waals surface area contributed by atoms with Crippen molar-refractivity contribution in [1.29, 1.82) is 0 Å². The molecule has 0 aliphatic carbocycles. The largest absolute Gasteiger partial charge is 0.486 e. The van der Waals surface area contributed by atoms with E-state index in [0.717, 1.165) is 6.08 Å². The molecule has 1 aliphatic rings. The van der Waals surface area contributed by atoms with E-state index in [1.165, 1.54) is 6.07 Å². The van der Waals surface area contributed by atoms with E-state index < -0.39 is 11.8 Å². The van der Waals surface area contributed by atoms with Crippen molar-refractivity contribution in [3.63, 3.8) is 0 Å². The van der Waals surface area contributed by atoms with Gasteiger partial charge in [0.2, 0.25) is 5.83 Å². The second-order valence-electron chi connectivity index (χ2n) is 3.32. The van der Waals surface area contributed by atoms with Crippen molar-refractivity contribution in [2.75, 3.05) is 13.2 Å². The Labute approximate surface area is 105 Å². The highest BCUT2D eigenvalue weighted by Crippen LogP contribution is 2.39. The number of fused-ring (bicyclic) bond motifs is 1. The number of hydrogen-bond acceptors (Lipinski definition) is 3. The number of aliphatic carboxylic acids is 1. The Morgan fingerprint density at radius 3 is 2.82 bits per heavy atom. The summed E-state index contributed by atoms with van der Waals surface area (Å²) in [6.07, 6.45) is 0.922. The van der Waals surface area contributed by atoms with Crippen LogP contribution in [0.4, 0.5) is 4.39 Å². The summed E-state index contributed by atoms with van der Waals surface area (Å²) in [7, 11) is 0. The Balaban J connectivity index is 2.41. The first-order valence-electron chi connectivity index (χ1n) is 4.77. The van der Waals surface area contributed by atoms with Gasteiger partial charge in [-0.25, -0.2) is 4.79 Å². The first-order chi connectivity index (χ1) is 8.08. The molecule has 4 nitrogen and oxygen atoms in total. The molecule has 0 atom stereocenters. The van der Waals surface area contributed by atoms with Crippen molar-refractivity contribution in [2.24, 2.45) is 0 Å². The van der Waals surface area contributed by atoms with Gasteiger partial charge in [0.15, 0.2) is 11.5 Å². The third-order valence-corrected chi connectivity index (χ3v) is 2.71. The Morgan fingerprint density at radius 2 is 2.12 bits per heavy atom. The summed E-state index contributed by atoms with van der Waals surface area (Å²) in [6.45, 7) is 0.859. The van der Waals surface area contributed by atoms with Crippen LogP contribution in [0, 0.1) is 0 Å².